The summed E-state index contributed by atoms with van der Waals surface area (Å²) < 4.78 is 0. The van der Waals surface area contributed by atoms with E-state index in [2.05, 4.69) is 4.98 Å². The van der Waals surface area contributed by atoms with Crippen LogP contribution in [0.25, 0.3) is 0 Å². The molecule has 0 unspecified atom stereocenters. The van der Waals surface area contributed by atoms with Gasteiger partial charge in [-0.05, 0) is 31.5 Å². The van der Waals surface area contributed by atoms with Crippen molar-refractivity contribution >= 4 is 34.8 Å². The Kier molecular flexibility index (Phi) is 4.63. The Morgan fingerprint density at radius 3 is 2.60 bits per heavy atom. The number of rotatable bonds is 3. The molecule has 0 atom stereocenters. The highest BCUT2D eigenvalue weighted by atomic mass is 35.5. The number of carbonyl (C=O) groups is 1. The van der Waals surface area contributed by atoms with Crippen LogP contribution >= 0.6 is 23.2 Å². The molecule has 0 N–H and O–H groups in total. The van der Waals surface area contributed by atoms with Gasteiger partial charge in [-0.2, -0.15) is 0 Å². The number of pyridine rings is 1. The highest BCUT2D eigenvalue weighted by Crippen LogP contribution is 2.24. The van der Waals surface area contributed by atoms with Crippen molar-refractivity contribution in [1.82, 2.24) is 4.98 Å². The smallest absolute Gasteiger partial charge is 0.259 e. The summed E-state index contributed by atoms with van der Waals surface area (Å²) in [6.07, 6.45) is 1.44. The number of nitrogens with zero attached hydrogens (tertiary/aromatic N) is 2. The number of halogens is 2. The van der Waals surface area contributed by atoms with Gasteiger partial charge in [-0.1, -0.05) is 41.4 Å². The topological polar surface area (TPSA) is 33.2 Å². The quantitative estimate of drug-likeness (QED) is 0.789. The third-order valence-corrected chi connectivity index (χ3v) is 3.70. The Balaban J connectivity index is 2.39. The number of para-hydroxylation sites is 1. The molecule has 0 spiro atoms. The maximum absolute atomic E-state index is 12.6. The molecule has 1 aromatic carbocycles. The minimum atomic E-state index is -0.145. The molecule has 0 saturated carbocycles. The normalized spacial score (nSPS) is 10.4. The monoisotopic (exact) mass is 308 g/mol. The van der Waals surface area contributed by atoms with Gasteiger partial charge >= 0.3 is 0 Å². The fraction of sp³-hybridized carbons (Fsp3) is 0.200. The van der Waals surface area contributed by atoms with Crippen LogP contribution in [0.15, 0.2) is 36.5 Å². The van der Waals surface area contributed by atoms with Crippen LogP contribution in [0, 0.1) is 6.92 Å². The van der Waals surface area contributed by atoms with E-state index in [-0.39, 0.29) is 16.1 Å². The zero-order valence-corrected chi connectivity index (χ0v) is 12.7. The molecule has 0 fully saturated rings. The van der Waals surface area contributed by atoms with Crippen molar-refractivity contribution in [3.63, 3.8) is 0 Å². The van der Waals surface area contributed by atoms with E-state index in [0.717, 1.165) is 11.3 Å². The molecule has 0 radical (unpaired) electrons. The van der Waals surface area contributed by atoms with E-state index < -0.39 is 0 Å². The summed E-state index contributed by atoms with van der Waals surface area (Å²) >= 11 is 11.7. The van der Waals surface area contributed by atoms with Crippen LogP contribution in [-0.2, 0) is 0 Å². The van der Waals surface area contributed by atoms with Crippen molar-refractivity contribution < 1.29 is 4.79 Å². The van der Waals surface area contributed by atoms with Crippen molar-refractivity contribution in [1.29, 1.82) is 0 Å². The molecule has 20 heavy (non-hydrogen) atoms. The first-order chi connectivity index (χ1) is 9.54. The van der Waals surface area contributed by atoms with Crippen LogP contribution in [0.1, 0.15) is 22.8 Å². The predicted molar refractivity (Wildman–Crippen MR) is 82.8 cm³/mol. The van der Waals surface area contributed by atoms with Crippen LogP contribution in [0.2, 0.25) is 10.2 Å². The first-order valence-corrected chi connectivity index (χ1v) is 6.98. The van der Waals surface area contributed by atoms with Crippen molar-refractivity contribution in [3.05, 3.63) is 57.8 Å². The van der Waals surface area contributed by atoms with Gasteiger partial charge in [-0.3, -0.25) is 4.79 Å². The van der Waals surface area contributed by atoms with Crippen LogP contribution in [0.5, 0.6) is 0 Å². The zero-order chi connectivity index (χ0) is 14.7. The number of aromatic nitrogens is 1. The SMILES string of the molecule is CCN(C(=O)c1cnc(Cl)c(Cl)c1)c1ccccc1C. The Morgan fingerprint density at radius 2 is 2.00 bits per heavy atom. The van der Waals surface area contributed by atoms with E-state index in [1.165, 1.54) is 6.20 Å². The zero-order valence-electron chi connectivity index (χ0n) is 11.2. The fourth-order valence-corrected chi connectivity index (χ4v) is 2.25. The second-order valence-electron chi connectivity index (χ2n) is 4.33. The van der Waals surface area contributed by atoms with Gasteiger partial charge in [0, 0.05) is 18.4 Å². The molecule has 0 aliphatic carbocycles. The van der Waals surface area contributed by atoms with Crippen LogP contribution in [0.3, 0.4) is 0 Å². The number of anilines is 1. The second-order valence-corrected chi connectivity index (χ2v) is 5.10. The Morgan fingerprint density at radius 1 is 1.30 bits per heavy atom. The van der Waals surface area contributed by atoms with Crippen molar-refractivity contribution in [2.75, 3.05) is 11.4 Å². The number of aryl methyl sites for hydroxylation is 1. The highest BCUT2D eigenvalue weighted by molar-refractivity contribution is 6.41. The van der Waals surface area contributed by atoms with Crippen LogP contribution in [-0.4, -0.2) is 17.4 Å². The van der Waals surface area contributed by atoms with Crippen molar-refractivity contribution in [2.24, 2.45) is 0 Å². The maximum Gasteiger partial charge on any atom is 0.259 e. The van der Waals surface area contributed by atoms with Gasteiger partial charge in [-0.25, -0.2) is 4.98 Å². The van der Waals surface area contributed by atoms with Gasteiger partial charge in [0.15, 0.2) is 0 Å². The lowest BCUT2D eigenvalue weighted by Crippen LogP contribution is -2.31. The molecule has 3 nitrogen and oxygen atoms in total. The largest absolute Gasteiger partial charge is 0.308 e. The standard InChI is InChI=1S/C15H14Cl2N2O/c1-3-19(13-7-5-4-6-10(13)2)15(20)11-8-12(16)14(17)18-9-11/h4-9H,3H2,1-2H3. The highest BCUT2D eigenvalue weighted by Gasteiger charge is 2.18. The molecule has 1 aromatic heterocycles. The van der Waals surface area contributed by atoms with Gasteiger partial charge in [0.1, 0.15) is 5.15 Å². The van der Waals surface area contributed by atoms with Crippen molar-refractivity contribution in [3.8, 4) is 0 Å². The Hall–Kier alpha value is -1.58. The van der Waals surface area contributed by atoms with Crippen molar-refractivity contribution in [2.45, 2.75) is 13.8 Å². The van der Waals surface area contributed by atoms with E-state index >= 15 is 0 Å². The molecular formula is C15H14Cl2N2O. The molecule has 1 amide bonds. The van der Waals surface area contributed by atoms with E-state index in [1.54, 1.807) is 11.0 Å². The average Bonchev–Trinajstić information content (AvgIpc) is 2.44. The first-order valence-electron chi connectivity index (χ1n) is 6.23. The summed E-state index contributed by atoms with van der Waals surface area (Å²) in [7, 11) is 0. The summed E-state index contributed by atoms with van der Waals surface area (Å²) in [4.78, 5) is 18.2. The van der Waals surface area contributed by atoms with E-state index in [4.69, 9.17) is 23.2 Å². The summed E-state index contributed by atoms with van der Waals surface area (Å²) in [5, 5.41) is 0.473. The van der Waals surface area contributed by atoms with Gasteiger partial charge in [-0.15, -0.1) is 0 Å². The molecule has 1 heterocycles. The summed E-state index contributed by atoms with van der Waals surface area (Å²) in [5.41, 5.74) is 2.34. The minimum Gasteiger partial charge on any atom is -0.308 e. The lowest BCUT2D eigenvalue weighted by Gasteiger charge is -2.23. The Bertz CT molecular complexity index is 644. The third-order valence-electron chi connectivity index (χ3n) is 3.01. The number of carbonyl (C=O) groups excluding carboxylic acids is 1. The fourth-order valence-electron chi connectivity index (χ4n) is 1.98. The summed E-state index contributed by atoms with van der Waals surface area (Å²) in [6, 6.07) is 9.28. The third kappa shape index (κ3) is 2.94. The lowest BCUT2D eigenvalue weighted by molar-refractivity contribution is 0.0988. The molecule has 0 saturated heterocycles. The van der Waals surface area contributed by atoms with Gasteiger partial charge in [0.25, 0.3) is 5.91 Å². The lowest BCUT2D eigenvalue weighted by atomic mass is 10.1. The summed E-state index contributed by atoms with van der Waals surface area (Å²) in [6.45, 7) is 4.46. The molecule has 5 heteroatoms. The molecule has 2 rings (SSSR count). The number of amides is 1. The molecule has 0 aliphatic rings. The van der Waals surface area contributed by atoms with E-state index in [9.17, 15) is 4.79 Å². The molecule has 0 aliphatic heterocycles. The maximum atomic E-state index is 12.6. The molecule has 2 aromatic rings. The minimum absolute atomic E-state index is 0.145. The molecular weight excluding hydrogens is 295 g/mol. The van der Waals surface area contributed by atoms with Gasteiger partial charge in [0.05, 0.1) is 10.6 Å². The number of hydrogen-bond acceptors (Lipinski definition) is 2. The molecule has 0 bridgehead atoms. The van der Waals surface area contributed by atoms with Crippen LogP contribution in [0.4, 0.5) is 5.69 Å². The van der Waals surface area contributed by atoms with Gasteiger partial charge in [0.2, 0.25) is 0 Å². The summed E-state index contributed by atoms with van der Waals surface area (Å²) in [5.74, 6) is -0.145. The number of hydrogen-bond donors (Lipinski definition) is 0. The molecule has 104 valence electrons. The number of benzene rings is 1. The average molecular weight is 309 g/mol. The van der Waals surface area contributed by atoms with E-state index in [1.807, 2.05) is 38.1 Å². The van der Waals surface area contributed by atoms with E-state index in [0.29, 0.717) is 12.1 Å². The van der Waals surface area contributed by atoms with Crippen LogP contribution < -0.4 is 4.90 Å². The Labute approximate surface area is 128 Å². The van der Waals surface area contributed by atoms with Gasteiger partial charge < -0.3 is 4.90 Å². The predicted octanol–water partition coefficient (Wildman–Crippen LogP) is 4.36. The first kappa shape index (κ1) is 14.8. The second kappa shape index (κ2) is 6.25.